The van der Waals surface area contributed by atoms with E-state index < -0.39 is 10.0 Å². The fraction of sp³-hybridized carbons (Fsp3) is 0.0870. The molecule has 0 amide bonds. The Balaban J connectivity index is 1.58. The minimum absolute atomic E-state index is 0.00836. The third kappa shape index (κ3) is 5.24. The highest BCUT2D eigenvalue weighted by molar-refractivity contribution is 7.96. The quantitative estimate of drug-likeness (QED) is 0.422. The number of phenolic OH excluding ortho intramolecular Hbond substituents is 1. The monoisotopic (exact) mass is 504 g/mol. The highest BCUT2D eigenvalue weighted by Crippen LogP contribution is 2.41. The number of nitrogens with zero attached hydrogens (tertiary/aromatic N) is 1. The summed E-state index contributed by atoms with van der Waals surface area (Å²) in [5.41, 5.74) is 0.852. The number of hydrogen-bond donors (Lipinski definition) is 2. The van der Waals surface area contributed by atoms with Crippen LogP contribution in [0.1, 0.15) is 6.42 Å². The van der Waals surface area contributed by atoms with Gasteiger partial charge in [0.1, 0.15) is 11.5 Å². The van der Waals surface area contributed by atoms with Gasteiger partial charge in [0.15, 0.2) is 11.5 Å². The number of anilines is 1. The van der Waals surface area contributed by atoms with Crippen molar-refractivity contribution in [1.82, 2.24) is 4.98 Å². The van der Waals surface area contributed by atoms with Gasteiger partial charge in [-0.2, -0.15) is 0 Å². The molecular weight excluding hydrogens is 487 g/mol. The number of hydrogen-bond acceptors (Lipinski definition) is 6. The fourth-order valence-electron chi connectivity index (χ4n) is 3.16. The maximum absolute atomic E-state index is 12.9. The summed E-state index contributed by atoms with van der Waals surface area (Å²) in [6.45, 7) is 0. The molecule has 0 bridgehead atoms. The van der Waals surface area contributed by atoms with E-state index in [4.69, 9.17) is 32.7 Å². The summed E-state index contributed by atoms with van der Waals surface area (Å²) < 4.78 is 39.1. The van der Waals surface area contributed by atoms with Crippen molar-refractivity contribution < 1.29 is 23.0 Å². The molecule has 1 aromatic heterocycles. The second kappa shape index (κ2) is 9.35. The molecule has 1 heterocycles. The molecular formula is C23H18Cl2N2O5S. The first-order valence-electron chi connectivity index (χ1n) is 9.64. The van der Waals surface area contributed by atoms with Crippen molar-refractivity contribution >= 4 is 49.8 Å². The Morgan fingerprint density at radius 3 is 2.67 bits per heavy atom. The predicted octanol–water partition coefficient (Wildman–Crippen LogP) is 6.07. The van der Waals surface area contributed by atoms with E-state index in [-0.39, 0.29) is 33.5 Å². The van der Waals surface area contributed by atoms with Crippen LogP contribution in [0.2, 0.25) is 5.02 Å². The summed E-state index contributed by atoms with van der Waals surface area (Å²) in [5.74, 6) is 0.387. The summed E-state index contributed by atoms with van der Waals surface area (Å²) in [7, 11) is -2.56. The normalized spacial score (nSPS) is 14.1. The summed E-state index contributed by atoms with van der Waals surface area (Å²) >= 11 is 12.3. The van der Waals surface area contributed by atoms with Gasteiger partial charge in [-0.3, -0.25) is 9.71 Å². The number of ether oxygens (including phenoxy) is 2. The van der Waals surface area contributed by atoms with Gasteiger partial charge in [0, 0.05) is 22.9 Å². The average molecular weight is 505 g/mol. The van der Waals surface area contributed by atoms with E-state index >= 15 is 0 Å². The number of aromatic hydroxyl groups is 1. The Bertz CT molecular complexity index is 1410. The van der Waals surface area contributed by atoms with E-state index in [0.29, 0.717) is 16.5 Å². The van der Waals surface area contributed by atoms with Crippen molar-refractivity contribution in [3.05, 3.63) is 87.6 Å². The predicted molar refractivity (Wildman–Crippen MR) is 129 cm³/mol. The zero-order valence-electron chi connectivity index (χ0n) is 17.2. The summed E-state index contributed by atoms with van der Waals surface area (Å²) in [6, 6.07) is 11.8. The first-order chi connectivity index (χ1) is 15.7. The number of halogens is 2. The number of pyridine rings is 1. The number of methoxy groups -OCH3 is 1. The van der Waals surface area contributed by atoms with Gasteiger partial charge in [0.05, 0.1) is 34.4 Å². The number of para-hydroxylation sites is 1. The van der Waals surface area contributed by atoms with Crippen molar-refractivity contribution in [2.45, 2.75) is 6.42 Å². The Morgan fingerprint density at radius 1 is 1.12 bits per heavy atom. The lowest BCUT2D eigenvalue weighted by molar-refractivity contribution is 0.284. The highest BCUT2D eigenvalue weighted by Gasteiger charge is 2.22. The van der Waals surface area contributed by atoms with Crippen LogP contribution >= 0.6 is 23.2 Å². The van der Waals surface area contributed by atoms with E-state index in [0.717, 1.165) is 10.9 Å². The van der Waals surface area contributed by atoms with Gasteiger partial charge in [0.25, 0.3) is 10.0 Å². The van der Waals surface area contributed by atoms with Crippen LogP contribution in [-0.2, 0) is 14.8 Å². The number of benzene rings is 2. The molecule has 0 spiro atoms. The molecule has 0 atom stereocenters. The molecule has 1 aliphatic carbocycles. The molecule has 1 aliphatic rings. The van der Waals surface area contributed by atoms with Gasteiger partial charge in [-0.15, -0.1) is 0 Å². The van der Waals surface area contributed by atoms with Crippen molar-refractivity contribution in [3.8, 4) is 17.2 Å². The molecule has 4 rings (SSSR count). The topological polar surface area (TPSA) is 97.8 Å². The van der Waals surface area contributed by atoms with Gasteiger partial charge in [0.2, 0.25) is 0 Å². The van der Waals surface area contributed by atoms with Crippen LogP contribution in [0.15, 0.2) is 82.6 Å². The van der Waals surface area contributed by atoms with Crippen LogP contribution in [0, 0.1) is 0 Å². The lowest BCUT2D eigenvalue weighted by Gasteiger charge is -2.15. The lowest BCUT2D eigenvalue weighted by Crippen LogP contribution is -2.15. The molecule has 2 N–H and O–H groups in total. The Kier molecular flexibility index (Phi) is 6.51. The molecule has 7 nitrogen and oxygen atoms in total. The maximum atomic E-state index is 12.9. The fourth-order valence-corrected chi connectivity index (χ4v) is 4.73. The van der Waals surface area contributed by atoms with Gasteiger partial charge < -0.3 is 14.6 Å². The van der Waals surface area contributed by atoms with Crippen LogP contribution in [-0.4, -0.2) is 25.6 Å². The molecule has 0 saturated carbocycles. The number of sulfonamides is 1. The zero-order valence-corrected chi connectivity index (χ0v) is 19.6. The molecule has 2 aromatic carbocycles. The zero-order chi connectivity index (χ0) is 23.6. The van der Waals surface area contributed by atoms with Crippen LogP contribution in [0.4, 0.5) is 5.69 Å². The molecule has 0 unspecified atom stereocenters. The number of aromatic nitrogens is 1. The second-order valence-electron chi connectivity index (χ2n) is 7.05. The minimum atomic E-state index is -3.99. The van der Waals surface area contributed by atoms with Crippen molar-refractivity contribution in [2.24, 2.45) is 0 Å². The molecule has 170 valence electrons. The maximum Gasteiger partial charge on any atom is 0.258 e. The third-order valence-electron chi connectivity index (χ3n) is 4.74. The van der Waals surface area contributed by atoms with Crippen LogP contribution in [0.5, 0.6) is 17.2 Å². The Labute approximate surface area is 200 Å². The van der Waals surface area contributed by atoms with Gasteiger partial charge in [-0.25, -0.2) is 8.42 Å². The number of phenols is 1. The first kappa shape index (κ1) is 23.0. The van der Waals surface area contributed by atoms with Crippen molar-refractivity contribution in [2.75, 3.05) is 11.8 Å². The molecule has 0 saturated heterocycles. The minimum Gasteiger partial charge on any atom is -0.504 e. The van der Waals surface area contributed by atoms with Crippen LogP contribution < -0.4 is 9.46 Å². The standard InChI is InChI=1S/C23H18Cl2N2O5S/c1-31-17-9-15(24)6-7-19(12-17)33(29,30)27-16-10-20(25)23(22(28)11-16)32-18-8-14-4-2-3-5-21(14)26-13-18/h2-11,13,27-28H,12H2,1H3. The number of nitrogens with one attached hydrogen (secondary N) is 1. The number of rotatable bonds is 6. The summed E-state index contributed by atoms with van der Waals surface area (Å²) in [6.07, 6.45) is 5.90. The molecule has 0 aliphatic heterocycles. The molecule has 10 heteroatoms. The SMILES string of the molecule is COC1=CC(Cl)=CC=C(S(=O)(=O)Nc2cc(O)c(Oc3cnc4ccccc4c3)c(Cl)c2)C1. The number of fused-ring (bicyclic) bond motifs is 1. The van der Waals surface area contributed by atoms with E-state index in [1.54, 1.807) is 6.07 Å². The molecule has 33 heavy (non-hydrogen) atoms. The molecule has 0 radical (unpaired) electrons. The first-order valence-corrected chi connectivity index (χ1v) is 11.9. The summed E-state index contributed by atoms with van der Waals surface area (Å²) in [4.78, 5) is 4.34. The average Bonchev–Trinajstić information content (AvgIpc) is 2.97. The van der Waals surface area contributed by atoms with Crippen LogP contribution in [0.3, 0.4) is 0 Å². The summed E-state index contributed by atoms with van der Waals surface area (Å²) in [5, 5.41) is 11.7. The van der Waals surface area contributed by atoms with Crippen molar-refractivity contribution in [1.29, 1.82) is 0 Å². The Morgan fingerprint density at radius 2 is 1.91 bits per heavy atom. The molecule has 3 aromatic rings. The highest BCUT2D eigenvalue weighted by atomic mass is 35.5. The Hall–Kier alpha value is -3.20. The van der Waals surface area contributed by atoms with Crippen molar-refractivity contribution in [3.63, 3.8) is 0 Å². The number of allylic oxidation sites excluding steroid dienone is 5. The molecule has 0 fully saturated rings. The van der Waals surface area contributed by atoms with E-state index in [1.807, 2.05) is 24.3 Å². The smallest absolute Gasteiger partial charge is 0.258 e. The van der Waals surface area contributed by atoms with E-state index in [2.05, 4.69) is 9.71 Å². The van der Waals surface area contributed by atoms with E-state index in [9.17, 15) is 13.5 Å². The van der Waals surface area contributed by atoms with Crippen LogP contribution in [0.25, 0.3) is 10.9 Å². The van der Waals surface area contributed by atoms with Gasteiger partial charge in [-0.1, -0.05) is 41.4 Å². The van der Waals surface area contributed by atoms with E-state index in [1.165, 1.54) is 43.7 Å². The largest absolute Gasteiger partial charge is 0.504 e. The van der Waals surface area contributed by atoms with Gasteiger partial charge >= 0.3 is 0 Å². The van der Waals surface area contributed by atoms with Gasteiger partial charge in [-0.05, 0) is 36.4 Å². The third-order valence-corrected chi connectivity index (χ3v) is 6.74. The lowest BCUT2D eigenvalue weighted by atomic mass is 10.2. The second-order valence-corrected chi connectivity index (χ2v) is 9.63.